The molecule has 1 fully saturated rings. The van der Waals surface area contributed by atoms with Gasteiger partial charge in [0.1, 0.15) is 0 Å². The molecule has 0 aromatic rings. The predicted octanol–water partition coefficient (Wildman–Crippen LogP) is -0.149. The molecule has 0 bridgehead atoms. The number of rotatable bonds is 3. The van der Waals surface area contributed by atoms with E-state index in [0.29, 0.717) is 0 Å². The van der Waals surface area contributed by atoms with Crippen LogP contribution < -0.4 is 11.1 Å². The number of likely N-dealkylation sites (N-methyl/N-ethyl adjacent to an activating group) is 1. The summed E-state index contributed by atoms with van der Waals surface area (Å²) in [5, 5.41) is 2.90. The van der Waals surface area contributed by atoms with Gasteiger partial charge in [-0.05, 0) is 12.8 Å². The highest BCUT2D eigenvalue weighted by atomic mass is 16.2. The summed E-state index contributed by atoms with van der Waals surface area (Å²) in [6.07, 6.45) is 4.08. The van der Waals surface area contributed by atoms with E-state index in [1.54, 1.807) is 18.9 Å². The minimum atomic E-state index is -0.145. The lowest BCUT2D eigenvalue weighted by Gasteiger charge is -2.37. The first-order chi connectivity index (χ1) is 7.56. The largest absolute Gasteiger partial charge is 0.350 e. The monoisotopic (exact) mass is 227 g/mol. The lowest BCUT2D eigenvalue weighted by Crippen LogP contribution is -2.54. The van der Waals surface area contributed by atoms with Crippen molar-refractivity contribution in [2.24, 2.45) is 5.73 Å². The smallest absolute Gasteiger partial charge is 0.234 e. The zero-order valence-corrected chi connectivity index (χ0v) is 10.0. The van der Waals surface area contributed by atoms with Gasteiger partial charge in [0.25, 0.3) is 0 Å². The zero-order chi connectivity index (χ0) is 12.1. The van der Waals surface area contributed by atoms with Crippen LogP contribution in [0.15, 0.2) is 0 Å². The number of hydrogen-bond donors (Lipinski definition) is 2. The number of amides is 2. The molecule has 1 saturated carbocycles. The maximum atomic E-state index is 11.3. The third-order valence-corrected chi connectivity index (χ3v) is 3.26. The molecule has 0 unspecified atom stereocenters. The molecule has 2 amide bonds. The van der Waals surface area contributed by atoms with Gasteiger partial charge >= 0.3 is 0 Å². The molecule has 0 aromatic heterocycles. The van der Waals surface area contributed by atoms with Crippen molar-refractivity contribution in [3.63, 3.8) is 0 Å². The first kappa shape index (κ1) is 13.0. The summed E-state index contributed by atoms with van der Waals surface area (Å²) in [6.45, 7) is 1.56. The molecule has 0 spiro atoms. The third-order valence-electron chi connectivity index (χ3n) is 3.26. The van der Waals surface area contributed by atoms with E-state index in [9.17, 15) is 9.59 Å². The minimum Gasteiger partial charge on any atom is -0.350 e. The van der Waals surface area contributed by atoms with Gasteiger partial charge in [-0.25, -0.2) is 0 Å². The van der Waals surface area contributed by atoms with Crippen molar-refractivity contribution in [1.29, 1.82) is 0 Å². The topological polar surface area (TPSA) is 75.4 Å². The van der Waals surface area contributed by atoms with Crippen LogP contribution in [-0.4, -0.2) is 42.4 Å². The molecule has 1 rings (SSSR count). The number of carbonyl (C=O) groups is 2. The lowest BCUT2D eigenvalue weighted by atomic mass is 9.89. The summed E-state index contributed by atoms with van der Waals surface area (Å²) >= 11 is 0. The molecular formula is C11H21N3O2. The van der Waals surface area contributed by atoms with Crippen LogP contribution in [-0.2, 0) is 9.59 Å². The van der Waals surface area contributed by atoms with Crippen LogP contribution in [0.3, 0.4) is 0 Å². The molecule has 5 nitrogen and oxygen atoms in total. The van der Waals surface area contributed by atoms with Gasteiger partial charge in [0.15, 0.2) is 0 Å². The van der Waals surface area contributed by atoms with Crippen molar-refractivity contribution in [2.45, 2.75) is 44.7 Å². The van der Waals surface area contributed by atoms with Crippen LogP contribution in [0, 0.1) is 0 Å². The highest BCUT2D eigenvalue weighted by molar-refractivity contribution is 5.78. The van der Waals surface area contributed by atoms with E-state index in [0.717, 1.165) is 25.7 Å². The molecule has 0 heterocycles. The van der Waals surface area contributed by atoms with Gasteiger partial charge in [-0.3, -0.25) is 9.59 Å². The van der Waals surface area contributed by atoms with Gasteiger partial charge in [-0.15, -0.1) is 0 Å². The Kier molecular flexibility index (Phi) is 4.73. The number of nitrogens with zero attached hydrogens (tertiary/aromatic N) is 1. The van der Waals surface area contributed by atoms with Crippen molar-refractivity contribution in [2.75, 3.05) is 13.6 Å². The molecule has 0 aliphatic heterocycles. The van der Waals surface area contributed by atoms with Gasteiger partial charge in [0.2, 0.25) is 11.8 Å². The van der Waals surface area contributed by atoms with Gasteiger partial charge < -0.3 is 16.0 Å². The summed E-state index contributed by atoms with van der Waals surface area (Å²) in [5.41, 5.74) is 5.28. The molecule has 0 aromatic carbocycles. The van der Waals surface area contributed by atoms with Crippen molar-refractivity contribution >= 4 is 11.8 Å². The standard InChI is InChI=1S/C11H21N3O2/c1-8(15)14(2)10-6-4-3-5-9(10)13-11(16)7-12/h9-10H,3-7,12H2,1-2H3,(H,13,16)/t9-,10-/m1/s1. The molecule has 5 heteroatoms. The normalized spacial score (nSPS) is 24.9. The number of carbonyl (C=O) groups excluding carboxylic acids is 2. The number of nitrogens with two attached hydrogens (primary N) is 1. The van der Waals surface area contributed by atoms with Crippen LogP contribution >= 0.6 is 0 Å². The maximum Gasteiger partial charge on any atom is 0.234 e. The fourth-order valence-electron chi connectivity index (χ4n) is 2.24. The average molecular weight is 227 g/mol. The summed E-state index contributed by atoms with van der Waals surface area (Å²) in [4.78, 5) is 24.3. The highest BCUT2D eigenvalue weighted by Gasteiger charge is 2.30. The van der Waals surface area contributed by atoms with E-state index in [1.807, 2.05) is 0 Å². The Hall–Kier alpha value is -1.10. The van der Waals surface area contributed by atoms with E-state index in [4.69, 9.17) is 5.73 Å². The first-order valence-corrected chi connectivity index (χ1v) is 5.79. The first-order valence-electron chi connectivity index (χ1n) is 5.79. The Morgan fingerprint density at radius 2 is 2.00 bits per heavy atom. The van der Waals surface area contributed by atoms with E-state index in [1.165, 1.54) is 0 Å². The maximum absolute atomic E-state index is 11.3. The van der Waals surface area contributed by atoms with Gasteiger partial charge in [0.05, 0.1) is 12.6 Å². The molecule has 2 atom stereocenters. The molecule has 16 heavy (non-hydrogen) atoms. The highest BCUT2D eigenvalue weighted by Crippen LogP contribution is 2.22. The van der Waals surface area contributed by atoms with E-state index in [2.05, 4.69) is 5.32 Å². The molecular weight excluding hydrogens is 206 g/mol. The van der Waals surface area contributed by atoms with Crippen molar-refractivity contribution in [3.05, 3.63) is 0 Å². The summed E-state index contributed by atoms with van der Waals surface area (Å²) in [7, 11) is 1.79. The van der Waals surface area contributed by atoms with Crippen molar-refractivity contribution in [3.8, 4) is 0 Å². The summed E-state index contributed by atoms with van der Waals surface area (Å²) in [5.74, 6) is -0.104. The Bertz CT molecular complexity index is 268. The lowest BCUT2D eigenvalue weighted by molar-refractivity contribution is -0.132. The second-order valence-corrected chi connectivity index (χ2v) is 4.36. The fraction of sp³-hybridized carbons (Fsp3) is 0.818. The Morgan fingerprint density at radius 1 is 1.38 bits per heavy atom. The second-order valence-electron chi connectivity index (χ2n) is 4.36. The van der Waals surface area contributed by atoms with Crippen LogP contribution in [0.4, 0.5) is 0 Å². The quantitative estimate of drug-likeness (QED) is 0.704. The second kappa shape index (κ2) is 5.84. The van der Waals surface area contributed by atoms with Crippen molar-refractivity contribution in [1.82, 2.24) is 10.2 Å². The van der Waals surface area contributed by atoms with Gasteiger partial charge in [-0.2, -0.15) is 0 Å². The van der Waals surface area contributed by atoms with E-state index in [-0.39, 0.29) is 30.4 Å². The fourth-order valence-corrected chi connectivity index (χ4v) is 2.24. The van der Waals surface area contributed by atoms with Crippen LogP contribution in [0.1, 0.15) is 32.6 Å². The Labute approximate surface area is 96.4 Å². The summed E-state index contributed by atoms with van der Waals surface area (Å²) < 4.78 is 0. The van der Waals surface area contributed by atoms with E-state index >= 15 is 0 Å². The van der Waals surface area contributed by atoms with E-state index < -0.39 is 0 Å². The molecule has 0 radical (unpaired) electrons. The number of hydrogen-bond acceptors (Lipinski definition) is 3. The number of nitrogens with one attached hydrogen (secondary N) is 1. The predicted molar refractivity (Wildman–Crippen MR) is 61.7 cm³/mol. The van der Waals surface area contributed by atoms with Crippen LogP contribution in [0.5, 0.6) is 0 Å². The minimum absolute atomic E-state index is 0.00695. The molecule has 3 N–H and O–H groups in total. The zero-order valence-electron chi connectivity index (χ0n) is 10.0. The summed E-state index contributed by atoms with van der Waals surface area (Å²) in [6, 6.07) is 0.167. The average Bonchev–Trinajstić information content (AvgIpc) is 2.28. The third kappa shape index (κ3) is 3.20. The molecule has 0 saturated heterocycles. The molecule has 1 aliphatic carbocycles. The van der Waals surface area contributed by atoms with Crippen molar-refractivity contribution < 1.29 is 9.59 Å². The van der Waals surface area contributed by atoms with Gasteiger partial charge in [-0.1, -0.05) is 12.8 Å². The Balaban J connectivity index is 2.63. The van der Waals surface area contributed by atoms with Gasteiger partial charge in [0, 0.05) is 20.0 Å². The SMILES string of the molecule is CC(=O)N(C)[C@@H]1CCCC[C@H]1NC(=O)CN. The Morgan fingerprint density at radius 3 is 2.56 bits per heavy atom. The molecule has 92 valence electrons. The van der Waals surface area contributed by atoms with Crippen LogP contribution in [0.2, 0.25) is 0 Å². The molecule has 1 aliphatic rings. The van der Waals surface area contributed by atoms with Crippen LogP contribution in [0.25, 0.3) is 0 Å².